The van der Waals surface area contributed by atoms with E-state index in [4.69, 9.17) is 4.98 Å². The monoisotopic (exact) mass is 771 g/mol. The molecule has 0 atom stereocenters. The number of nitrogens with zero attached hydrogens (tertiary/aromatic N) is 1. The van der Waals surface area contributed by atoms with Crippen molar-refractivity contribution in [3.63, 3.8) is 0 Å². The van der Waals surface area contributed by atoms with E-state index in [9.17, 15) is 0 Å². The first-order chi connectivity index (χ1) is 30.3. The molecule has 0 radical (unpaired) electrons. The zero-order chi connectivity index (χ0) is 40.1. The van der Waals surface area contributed by atoms with Crippen molar-refractivity contribution in [1.29, 1.82) is 0 Å². The average Bonchev–Trinajstić information content (AvgIpc) is 3.81. The second-order valence-corrected chi connectivity index (χ2v) is 16.5. The molecule has 2 aliphatic rings. The molecule has 0 amide bonds. The van der Waals surface area contributed by atoms with Crippen molar-refractivity contribution in [2.75, 3.05) is 0 Å². The van der Waals surface area contributed by atoms with Crippen molar-refractivity contribution in [3.05, 3.63) is 247 Å². The van der Waals surface area contributed by atoms with Crippen molar-refractivity contribution in [2.24, 2.45) is 0 Å². The maximum Gasteiger partial charge on any atom is 0.0725 e. The zero-order valence-electron chi connectivity index (χ0n) is 33.3. The summed E-state index contributed by atoms with van der Waals surface area (Å²) in [6, 6.07) is 82.8. The highest BCUT2D eigenvalue weighted by Crippen LogP contribution is 2.63. The Morgan fingerprint density at radius 2 is 0.721 bits per heavy atom. The van der Waals surface area contributed by atoms with Crippen molar-refractivity contribution >= 4 is 32.3 Å². The predicted octanol–water partition coefficient (Wildman–Crippen LogP) is 15.6. The highest BCUT2D eigenvalue weighted by Gasteiger charge is 2.51. The van der Waals surface area contributed by atoms with Crippen LogP contribution in [0.15, 0.2) is 224 Å². The minimum atomic E-state index is -0.348. The molecule has 282 valence electrons. The average molecular weight is 772 g/mol. The molecule has 1 heterocycles. The molecule has 1 spiro atoms. The summed E-state index contributed by atoms with van der Waals surface area (Å²) < 4.78 is 0. The van der Waals surface area contributed by atoms with Gasteiger partial charge in [0, 0.05) is 11.1 Å². The minimum Gasteiger partial charge on any atom is -0.248 e. The van der Waals surface area contributed by atoms with Gasteiger partial charge in [-0.3, -0.25) is 0 Å². The van der Waals surface area contributed by atoms with Gasteiger partial charge in [0.05, 0.1) is 16.8 Å². The van der Waals surface area contributed by atoms with E-state index in [-0.39, 0.29) is 5.41 Å². The first-order valence-corrected chi connectivity index (χ1v) is 21.2. The van der Waals surface area contributed by atoms with Gasteiger partial charge in [-0.2, -0.15) is 0 Å². The second-order valence-electron chi connectivity index (χ2n) is 16.5. The summed E-state index contributed by atoms with van der Waals surface area (Å²) in [6.07, 6.45) is 0. The van der Waals surface area contributed by atoms with Gasteiger partial charge < -0.3 is 0 Å². The number of hydrogen-bond donors (Lipinski definition) is 0. The number of fused-ring (bicyclic) bond motifs is 16. The molecule has 13 rings (SSSR count). The maximum atomic E-state index is 5.41. The fourth-order valence-corrected chi connectivity index (χ4v) is 10.9. The molecule has 0 saturated heterocycles. The van der Waals surface area contributed by atoms with Crippen LogP contribution in [0.2, 0.25) is 0 Å². The number of benzene rings is 10. The van der Waals surface area contributed by atoms with Crippen LogP contribution >= 0.6 is 0 Å². The highest BCUT2D eigenvalue weighted by atomic mass is 14.7. The van der Waals surface area contributed by atoms with Crippen LogP contribution in [-0.2, 0) is 5.41 Å². The standard InChI is InChI=1S/C60H37N/c1-3-16-38(17-4-1)42-36-57(39-18-5-2-6-19-39)61-58(37-42)50-26-15-25-48-43-20-7-8-21-44(43)51-34-40(30-32-49(51)59(48)50)41-31-33-56-52(35-41)47-24-11-14-29-55(47)60(56)53-27-12-9-22-45(53)46-23-10-13-28-54(46)60/h1-37H. The molecule has 10 aromatic carbocycles. The van der Waals surface area contributed by atoms with Crippen molar-refractivity contribution in [3.8, 4) is 67.0 Å². The van der Waals surface area contributed by atoms with Crippen LogP contribution in [0.25, 0.3) is 99.3 Å². The van der Waals surface area contributed by atoms with Gasteiger partial charge in [-0.25, -0.2) is 4.98 Å². The lowest BCUT2D eigenvalue weighted by atomic mass is 9.70. The fourth-order valence-electron chi connectivity index (χ4n) is 10.9. The minimum absolute atomic E-state index is 0.348. The summed E-state index contributed by atoms with van der Waals surface area (Å²) in [6.45, 7) is 0. The molecule has 0 fully saturated rings. The summed E-state index contributed by atoms with van der Waals surface area (Å²) in [5.41, 5.74) is 19.3. The van der Waals surface area contributed by atoms with E-state index in [0.29, 0.717) is 0 Å². The van der Waals surface area contributed by atoms with E-state index < -0.39 is 0 Å². The molecule has 0 saturated carbocycles. The van der Waals surface area contributed by atoms with Crippen molar-refractivity contribution in [2.45, 2.75) is 5.41 Å². The lowest BCUT2D eigenvalue weighted by molar-refractivity contribution is 0.794. The Hall–Kier alpha value is -7.87. The van der Waals surface area contributed by atoms with Crippen LogP contribution in [0.5, 0.6) is 0 Å². The third kappa shape index (κ3) is 4.86. The molecule has 2 aliphatic carbocycles. The molecular formula is C60H37N. The lowest BCUT2D eigenvalue weighted by Crippen LogP contribution is -2.25. The van der Waals surface area contributed by atoms with Crippen LogP contribution in [0.4, 0.5) is 0 Å². The van der Waals surface area contributed by atoms with Gasteiger partial charge in [0.1, 0.15) is 0 Å². The second kappa shape index (κ2) is 13.1. The summed E-state index contributed by atoms with van der Waals surface area (Å²) in [4.78, 5) is 5.41. The SMILES string of the molecule is c1ccc(-c2cc(-c3ccccc3)nc(-c3cccc4c5ccccc5c5cc(-c6ccc7c(c6)-c6ccccc6C76c7ccccc7-c7ccccc76)ccc5c34)c2)cc1. The summed E-state index contributed by atoms with van der Waals surface area (Å²) in [5.74, 6) is 0. The largest absolute Gasteiger partial charge is 0.248 e. The molecule has 0 aliphatic heterocycles. The Morgan fingerprint density at radius 3 is 1.41 bits per heavy atom. The first kappa shape index (κ1) is 34.0. The van der Waals surface area contributed by atoms with E-state index in [1.54, 1.807) is 0 Å². The van der Waals surface area contributed by atoms with Gasteiger partial charge in [-0.05, 0) is 123 Å². The summed E-state index contributed by atoms with van der Waals surface area (Å²) in [7, 11) is 0. The van der Waals surface area contributed by atoms with E-state index >= 15 is 0 Å². The van der Waals surface area contributed by atoms with E-state index in [1.807, 2.05) is 0 Å². The lowest BCUT2D eigenvalue weighted by Gasteiger charge is -2.30. The molecule has 1 nitrogen and oxygen atoms in total. The van der Waals surface area contributed by atoms with Crippen LogP contribution in [-0.4, -0.2) is 4.98 Å². The van der Waals surface area contributed by atoms with Gasteiger partial charge in [-0.15, -0.1) is 0 Å². The van der Waals surface area contributed by atoms with Gasteiger partial charge in [0.15, 0.2) is 0 Å². The van der Waals surface area contributed by atoms with Crippen LogP contribution in [0.3, 0.4) is 0 Å². The Morgan fingerprint density at radius 1 is 0.246 bits per heavy atom. The fraction of sp³-hybridized carbons (Fsp3) is 0.0167. The highest BCUT2D eigenvalue weighted by molar-refractivity contribution is 6.28. The van der Waals surface area contributed by atoms with E-state index in [2.05, 4.69) is 224 Å². The number of aromatic nitrogens is 1. The van der Waals surface area contributed by atoms with E-state index in [1.165, 1.54) is 93.5 Å². The molecule has 0 N–H and O–H groups in total. The molecule has 61 heavy (non-hydrogen) atoms. The van der Waals surface area contributed by atoms with Gasteiger partial charge >= 0.3 is 0 Å². The van der Waals surface area contributed by atoms with Gasteiger partial charge in [0.2, 0.25) is 0 Å². The topological polar surface area (TPSA) is 12.9 Å². The Kier molecular flexibility index (Phi) is 7.29. The molecular weight excluding hydrogens is 735 g/mol. The van der Waals surface area contributed by atoms with Gasteiger partial charge in [-0.1, -0.05) is 200 Å². The summed E-state index contributed by atoms with van der Waals surface area (Å²) >= 11 is 0. The molecule has 1 heteroatoms. The Bertz CT molecular complexity index is 3480. The Balaban J connectivity index is 1.03. The van der Waals surface area contributed by atoms with Crippen molar-refractivity contribution < 1.29 is 0 Å². The first-order valence-electron chi connectivity index (χ1n) is 21.2. The normalized spacial score (nSPS) is 13.0. The number of hydrogen-bond acceptors (Lipinski definition) is 1. The molecule has 1 aromatic heterocycles. The Labute approximate surface area is 354 Å². The van der Waals surface area contributed by atoms with Crippen molar-refractivity contribution in [1.82, 2.24) is 4.98 Å². The third-order valence-electron chi connectivity index (χ3n) is 13.5. The zero-order valence-corrected chi connectivity index (χ0v) is 33.3. The van der Waals surface area contributed by atoms with E-state index in [0.717, 1.165) is 28.1 Å². The number of pyridine rings is 1. The quantitative estimate of drug-likeness (QED) is 0.162. The van der Waals surface area contributed by atoms with Gasteiger partial charge in [0.25, 0.3) is 0 Å². The van der Waals surface area contributed by atoms with Crippen LogP contribution < -0.4 is 0 Å². The number of rotatable bonds is 4. The molecule has 0 unspecified atom stereocenters. The molecule has 0 bridgehead atoms. The third-order valence-corrected chi connectivity index (χ3v) is 13.5. The summed E-state index contributed by atoms with van der Waals surface area (Å²) in [5, 5.41) is 7.43. The van der Waals surface area contributed by atoms with Crippen LogP contribution in [0, 0.1) is 0 Å². The maximum absolute atomic E-state index is 5.41. The molecule has 11 aromatic rings. The predicted molar refractivity (Wildman–Crippen MR) is 255 cm³/mol. The van der Waals surface area contributed by atoms with Crippen LogP contribution in [0.1, 0.15) is 22.3 Å². The smallest absolute Gasteiger partial charge is 0.0725 e.